The maximum absolute atomic E-state index is 11.5. The Kier molecular flexibility index (Phi) is 3.17. The van der Waals surface area contributed by atoms with Crippen molar-refractivity contribution in [2.24, 2.45) is 0 Å². The van der Waals surface area contributed by atoms with Gasteiger partial charge < -0.3 is 14.3 Å². The Hall–Kier alpha value is -1.45. The summed E-state index contributed by atoms with van der Waals surface area (Å²) in [5, 5.41) is 9.44. The van der Waals surface area contributed by atoms with Crippen molar-refractivity contribution in [1.82, 2.24) is 0 Å². The third-order valence-corrected chi connectivity index (χ3v) is 1.89. The summed E-state index contributed by atoms with van der Waals surface area (Å²) < 4.78 is 10.3. The van der Waals surface area contributed by atoms with Crippen LogP contribution in [-0.4, -0.2) is 11.7 Å². The van der Waals surface area contributed by atoms with Gasteiger partial charge in [-0.15, -0.1) is 0 Å². The lowest BCUT2D eigenvalue weighted by molar-refractivity contribution is 0.300. The summed E-state index contributed by atoms with van der Waals surface area (Å²) in [6.07, 6.45) is 0.480. The SMILES string of the molecule is CCOc1c(C)oc(CC)c(O)c1=O. The van der Waals surface area contributed by atoms with Crippen molar-refractivity contribution in [3.05, 3.63) is 21.7 Å². The van der Waals surface area contributed by atoms with E-state index in [0.717, 1.165) is 0 Å². The van der Waals surface area contributed by atoms with Crippen LogP contribution < -0.4 is 10.2 Å². The fraction of sp³-hybridized carbons (Fsp3) is 0.500. The van der Waals surface area contributed by atoms with Gasteiger partial charge in [0.05, 0.1) is 6.61 Å². The standard InChI is InChI=1S/C10H14O4/c1-4-7-8(11)9(12)10(13-5-2)6(3)14-7/h11H,4-5H2,1-3H3. The van der Waals surface area contributed by atoms with Gasteiger partial charge in [0, 0.05) is 6.42 Å². The number of aromatic hydroxyl groups is 1. The molecule has 1 N–H and O–H groups in total. The second kappa shape index (κ2) is 4.17. The van der Waals surface area contributed by atoms with Crippen molar-refractivity contribution in [2.75, 3.05) is 6.61 Å². The molecule has 4 nitrogen and oxygen atoms in total. The van der Waals surface area contributed by atoms with Crippen LogP contribution in [0.25, 0.3) is 0 Å². The summed E-state index contributed by atoms with van der Waals surface area (Å²) in [5.74, 6) is 0.464. The first-order valence-corrected chi connectivity index (χ1v) is 4.60. The molecule has 0 aliphatic heterocycles. The molecule has 0 atom stereocenters. The molecule has 1 aromatic heterocycles. The van der Waals surface area contributed by atoms with E-state index >= 15 is 0 Å². The Morgan fingerprint density at radius 2 is 2.07 bits per heavy atom. The molecule has 14 heavy (non-hydrogen) atoms. The molecule has 1 aromatic rings. The number of ether oxygens (including phenoxy) is 1. The van der Waals surface area contributed by atoms with Gasteiger partial charge in [-0.3, -0.25) is 4.79 Å². The van der Waals surface area contributed by atoms with E-state index in [-0.39, 0.29) is 11.5 Å². The lowest BCUT2D eigenvalue weighted by atomic mass is 10.2. The summed E-state index contributed by atoms with van der Waals surface area (Å²) in [6.45, 7) is 5.59. The fourth-order valence-corrected chi connectivity index (χ4v) is 1.22. The van der Waals surface area contributed by atoms with Gasteiger partial charge in [0.15, 0.2) is 0 Å². The predicted molar refractivity (Wildman–Crippen MR) is 51.9 cm³/mol. The third kappa shape index (κ3) is 1.73. The van der Waals surface area contributed by atoms with Crippen LogP contribution in [0.2, 0.25) is 0 Å². The van der Waals surface area contributed by atoms with Crippen LogP contribution in [0.1, 0.15) is 25.4 Å². The van der Waals surface area contributed by atoms with Crippen LogP contribution >= 0.6 is 0 Å². The molecule has 0 aromatic carbocycles. The van der Waals surface area contributed by atoms with E-state index in [1.807, 2.05) is 0 Å². The third-order valence-electron chi connectivity index (χ3n) is 1.89. The van der Waals surface area contributed by atoms with Crippen LogP contribution in [0.5, 0.6) is 11.5 Å². The lowest BCUT2D eigenvalue weighted by Gasteiger charge is -2.07. The van der Waals surface area contributed by atoms with Gasteiger partial charge in [0.25, 0.3) is 5.43 Å². The molecule has 0 aliphatic carbocycles. The summed E-state index contributed by atoms with van der Waals surface area (Å²) in [4.78, 5) is 11.5. The molecule has 0 fully saturated rings. The Balaban J connectivity index is 3.34. The zero-order valence-electron chi connectivity index (χ0n) is 8.59. The maximum atomic E-state index is 11.5. The van der Waals surface area contributed by atoms with Crippen molar-refractivity contribution >= 4 is 0 Å². The van der Waals surface area contributed by atoms with Crippen molar-refractivity contribution in [2.45, 2.75) is 27.2 Å². The van der Waals surface area contributed by atoms with E-state index in [2.05, 4.69) is 0 Å². The summed E-state index contributed by atoms with van der Waals surface area (Å²) in [5.41, 5.74) is -0.493. The highest BCUT2D eigenvalue weighted by atomic mass is 16.5. The zero-order valence-corrected chi connectivity index (χ0v) is 8.59. The Bertz CT molecular complexity index is 378. The number of hydrogen-bond donors (Lipinski definition) is 1. The zero-order chi connectivity index (χ0) is 10.7. The molecule has 0 saturated heterocycles. The molecule has 0 amide bonds. The minimum absolute atomic E-state index is 0.0993. The van der Waals surface area contributed by atoms with Gasteiger partial charge in [0.2, 0.25) is 11.5 Å². The first kappa shape index (κ1) is 10.6. The molecule has 0 aliphatic rings. The highest BCUT2D eigenvalue weighted by molar-refractivity contribution is 5.35. The van der Waals surface area contributed by atoms with Crippen LogP contribution in [0, 0.1) is 6.92 Å². The van der Waals surface area contributed by atoms with Gasteiger partial charge in [-0.05, 0) is 13.8 Å². The molecule has 0 bridgehead atoms. The molecule has 1 heterocycles. The van der Waals surface area contributed by atoms with Gasteiger partial charge >= 0.3 is 0 Å². The van der Waals surface area contributed by atoms with E-state index in [0.29, 0.717) is 24.5 Å². The first-order valence-electron chi connectivity index (χ1n) is 4.60. The quantitative estimate of drug-likeness (QED) is 0.801. The maximum Gasteiger partial charge on any atom is 0.268 e. The summed E-state index contributed by atoms with van der Waals surface area (Å²) in [7, 11) is 0. The average molecular weight is 198 g/mol. The van der Waals surface area contributed by atoms with E-state index in [1.54, 1.807) is 20.8 Å². The van der Waals surface area contributed by atoms with E-state index in [9.17, 15) is 9.90 Å². The van der Waals surface area contributed by atoms with Gasteiger partial charge in [0.1, 0.15) is 11.5 Å². The molecular weight excluding hydrogens is 184 g/mol. The molecule has 0 radical (unpaired) electrons. The number of aryl methyl sites for hydroxylation is 2. The Morgan fingerprint density at radius 3 is 2.57 bits per heavy atom. The second-order valence-corrected chi connectivity index (χ2v) is 2.87. The molecule has 4 heteroatoms. The van der Waals surface area contributed by atoms with Crippen LogP contribution in [0.15, 0.2) is 9.21 Å². The van der Waals surface area contributed by atoms with Crippen LogP contribution in [-0.2, 0) is 6.42 Å². The summed E-state index contributed by atoms with van der Waals surface area (Å²) in [6, 6.07) is 0. The Labute approximate surface area is 82.1 Å². The molecule has 0 saturated carbocycles. The minimum Gasteiger partial charge on any atom is -0.502 e. The largest absolute Gasteiger partial charge is 0.502 e. The average Bonchev–Trinajstić information content (AvgIpc) is 2.18. The monoisotopic (exact) mass is 198 g/mol. The second-order valence-electron chi connectivity index (χ2n) is 2.87. The number of rotatable bonds is 3. The van der Waals surface area contributed by atoms with Crippen molar-refractivity contribution in [1.29, 1.82) is 0 Å². The van der Waals surface area contributed by atoms with Crippen LogP contribution in [0.3, 0.4) is 0 Å². The lowest BCUT2D eigenvalue weighted by Crippen LogP contribution is -2.10. The molecular formula is C10H14O4. The molecule has 78 valence electrons. The first-order chi connectivity index (χ1) is 6.61. The van der Waals surface area contributed by atoms with E-state index in [1.165, 1.54) is 0 Å². The molecule has 0 spiro atoms. The molecule has 1 rings (SSSR count). The minimum atomic E-state index is -0.493. The van der Waals surface area contributed by atoms with Crippen molar-refractivity contribution in [3.8, 4) is 11.5 Å². The van der Waals surface area contributed by atoms with Crippen molar-refractivity contribution < 1.29 is 14.3 Å². The normalized spacial score (nSPS) is 10.2. The van der Waals surface area contributed by atoms with E-state index in [4.69, 9.17) is 9.15 Å². The van der Waals surface area contributed by atoms with Crippen molar-refractivity contribution in [3.63, 3.8) is 0 Å². The van der Waals surface area contributed by atoms with Gasteiger partial charge in [-0.2, -0.15) is 0 Å². The summed E-state index contributed by atoms with van der Waals surface area (Å²) >= 11 is 0. The fourth-order valence-electron chi connectivity index (χ4n) is 1.22. The highest BCUT2D eigenvalue weighted by Crippen LogP contribution is 2.21. The topological polar surface area (TPSA) is 59.7 Å². The Morgan fingerprint density at radius 1 is 1.43 bits per heavy atom. The smallest absolute Gasteiger partial charge is 0.268 e. The van der Waals surface area contributed by atoms with E-state index < -0.39 is 5.43 Å². The molecule has 0 unspecified atom stereocenters. The van der Waals surface area contributed by atoms with Crippen LogP contribution in [0.4, 0.5) is 0 Å². The predicted octanol–water partition coefficient (Wildman–Crippen LogP) is 1.61. The van der Waals surface area contributed by atoms with Gasteiger partial charge in [-0.25, -0.2) is 0 Å². The highest BCUT2D eigenvalue weighted by Gasteiger charge is 2.15. The number of hydrogen-bond acceptors (Lipinski definition) is 4. The van der Waals surface area contributed by atoms with Gasteiger partial charge in [-0.1, -0.05) is 6.92 Å².